The standard InChI is InChI=1S/C12H21NO4/c1-3-8(2)17-12(16)10(11(14)15)13-9-6-4-5-7-9/h8-10,13H,3-7H2,1-2H3,(H,14,15). The van der Waals surface area contributed by atoms with Gasteiger partial charge in [-0.15, -0.1) is 0 Å². The molecule has 0 aromatic rings. The van der Waals surface area contributed by atoms with Crippen LogP contribution in [-0.2, 0) is 14.3 Å². The number of carbonyl (C=O) groups is 2. The highest BCUT2D eigenvalue weighted by Gasteiger charge is 2.31. The van der Waals surface area contributed by atoms with E-state index in [9.17, 15) is 9.59 Å². The van der Waals surface area contributed by atoms with E-state index in [1.165, 1.54) is 0 Å². The van der Waals surface area contributed by atoms with E-state index in [-0.39, 0.29) is 12.1 Å². The van der Waals surface area contributed by atoms with E-state index in [0.717, 1.165) is 25.7 Å². The Balaban J connectivity index is 2.52. The van der Waals surface area contributed by atoms with Crippen molar-refractivity contribution in [2.45, 2.75) is 64.1 Å². The minimum atomic E-state index is -1.23. The van der Waals surface area contributed by atoms with Gasteiger partial charge in [-0.2, -0.15) is 0 Å². The lowest BCUT2D eigenvalue weighted by Gasteiger charge is -2.20. The fourth-order valence-electron chi connectivity index (χ4n) is 1.92. The number of carboxylic acid groups (broad SMARTS) is 1. The third-order valence-electron chi connectivity index (χ3n) is 3.13. The van der Waals surface area contributed by atoms with Crippen LogP contribution in [0.2, 0.25) is 0 Å². The molecule has 0 saturated heterocycles. The number of carbonyl (C=O) groups excluding carboxylic acids is 1. The fourth-order valence-corrected chi connectivity index (χ4v) is 1.92. The number of rotatable bonds is 6. The number of nitrogens with one attached hydrogen (secondary N) is 1. The molecule has 2 N–H and O–H groups in total. The summed E-state index contributed by atoms with van der Waals surface area (Å²) in [7, 11) is 0. The first-order chi connectivity index (χ1) is 8.04. The van der Waals surface area contributed by atoms with Crippen LogP contribution in [0.25, 0.3) is 0 Å². The van der Waals surface area contributed by atoms with Gasteiger partial charge in [0.1, 0.15) is 0 Å². The molecule has 1 rings (SSSR count). The molecular formula is C12H21NO4. The minimum Gasteiger partial charge on any atom is -0.480 e. The van der Waals surface area contributed by atoms with Gasteiger partial charge in [-0.3, -0.25) is 5.32 Å². The second kappa shape index (κ2) is 6.59. The number of esters is 1. The Hall–Kier alpha value is -1.10. The van der Waals surface area contributed by atoms with Crippen molar-refractivity contribution in [2.24, 2.45) is 0 Å². The lowest BCUT2D eigenvalue weighted by molar-refractivity contribution is -0.158. The van der Waals surface area contributed by atoms with Crippen molar-refractivity contribution in [3.63, 3.8) is 0 Å². The normalized spacial score (nSPS) is 19.9. The average Bonchev–Trinajstić information content (AvgIpc) is 2.77. The summed E-state index contributed by atoms with van der Waals surface area (Å²) in [5.41, 5.74) is 0. The molecule has 5 nitrogen and oxygen atoms in total. The number of carboxylic acids is 1. The number of aliphatic carboxylic acids is 1. The van der Waals surface area contributed by atoms with Crippen LogP contribution in [0.1, 0.15) is 46.0 Å². The van der Waals surface area contributed by atoms with E-state index in [2.05, 4.69) is 5.32 Å². The van der Waals surface area contributed by atoms with Crippen molar-refractivity contribution in [3.05, 3.63) is 0 Å². The Bertz CT molecular complexity index is 274. The summed E-state index contributed by atoms with van der Waals surface area (Å²) in [6.45, 7) is 3.64. The Labute approximate surface area is 102 Å². The van der Waals surface area contributed by atoms with Gasteiger partial charge in [-0.1, -0.05) is 19.8 Å². The fraction of sp³-hybridized carbons (Fsp3) is 0.833. The molecule has 2 atom stereocenters. The summed E-state index contributed by atoms with van der Waals surface area (Å²) in [5.74, 6) is -1.84. The maximum Gasteiger partial charge on any atom is 0.335 e. The molecule has 0 spiro atoms. The van der Waals surface area contributed by atoms with Crippen LogP contribution in [0.4, 0.5) is 0 Å². The van der Waals surface area contributed by atoms with Gasteiger partial charge in [0.05, 0.1) is 6.10 Å². The SMILES string of the molecule is CCC(C)OC(=O)C(NC1CCCC1)C(=O)O. The number of hydrogen-bond donors (Lipinski definition) is 2. The molecule has 1 fully saturated rings. The molecule has 0 heterocycles. The van der Waals surface area contributed by atoms with E-state index in [0.29, 0.717) is 6.42 Å². The minimum absolute atomic E-state index is 0.126. The van der Waals surface area contributed by atoms with Crippen LogP contribution in [0.15, 0.2) is 0 Å². The summed E-state index contributed by atoms with van der Waals surface area (Å²) in [5, 5.41) is 11.9. The first-order valence-corrected chi connectivity index (χ1v) is 6.24. The summed E-state index contributed by atoms with van der Waals surface area (Å²) in [6.07, 6.45) is 4.48. The van der Waals surface area contributed by atoms with E-state index in [1.807, 2.05) is 6.92 Å². The van der Waals surface area contributed by atoms with Crippen molar-refractivity contribution in [3.8, 4) is 0 Å². The molecule has 1 aliphatic carbocycles. The summed E-state index contributed by atoms with van der Waals surface area (Å²) < 4.78 is 5.05. The zero-order valence-corrected chi connectivity index (χ0v) is 10.4. The van der Waals surface area contributed by atoms with Gasteiger partial charge >= 0.3 is 11.9 Å². The van der Waals surface area contributed by atoms with Crippen molar-refractivity contribution in [1.29, 1.82) is 0 Å². The van der Waals surface area contributed by atoms with Gasteiger partial charge in [0.2, 0.25) is 6.04 Å². The lowest BCUT2D eigenvalue weighted by Crippen LogP contribution is -2.49. The monoisotopic (exact) mass is 243 g/mol. The average molecular weight is 243 g/mol. The molecule has 0 aromatic carbocycles. The zero-order chi connectivity index (χ0) is 12.8. The lowest BCUT2D eigenvalue weighted by atomic mass is 10.2. The Kier molecular flexibility index (Phi) is 5.41. The molecule has 2 unspecified atom stereocenters. The highest BCUT2D eigenvalue weighted by Crippen LogP contribution is 2.18. The highest BCUT2D eigenvalue weighted by atomic mass is 16.5. The van der Waals surface area contributed by atoms with Crippen LogP contribution in [0.5, 0.6) is 0 Å². The van der Waals surface area contributed by atoms with Crippen LogP contribution in [-0.4, -0.2) is 35.2 Å². The predicted molar refractivity (Wildman–Crippen MR) is 62.7 cm³/mol. The Morgan fingerprint density at radius 2 is 2.00 bits per heavy atom. The molecule has 1 saturated carbocycles. The maximum absolute atomic E-state index is 11.7. The molecule has 98 valence electrons. The second-order valence-corrected chi connectivity index (χ2v) is 4.58. The number of ether oxygens (including phenoxy) is 1. The smallest absolute Gasteiger partial charge is 0.335 e. The van der Waals surface area contributed by atoms with E-state index >= 15 is 0 Å². The van der Waals surface area contributed by atoms with Gasteiger partial charge in [-0.05, 0) is 26.2 Å². The van der Waals surface area contributed by atoms with Crippen LogP contribution < -0.4 is 5.32 Å². The van der Waals surface area contributed by atoms with Crippen molar-refractivity contribution >= 4 is 11.9 Å². The molecule has 0 aliphatic heterocycles. The van der Waals surface area contributed by atoms with Crippen molar-refractivity contribution in [1.82, 2.24) is 5.32 Å². The van der Waals surface area contributed by atoms with E-state index < -0.39 is 18.0 Å². The summed E-state index contributed by atoms with van der Waals surface area (Å²) in [4.78, 5) is 22.7. The van der Waals surface area contributed by atoms with Crippen LogP contribution in [0, 0.1) is 0 Å². The van der Waals surface area contributed by atoms with Crippen LogP contribution in [0.3, 0.4) is 0 Å². The predicted octanol–water partition coefficient (Wildman–Crippen LogP) is 1.31. The first-order valence-electron chi connectivity index (χ1n) is 6.24. The van der Waals surface area contributed by atoms with Crippen LogP contribution >= 0.6 is 0 Å². The van der Waals surface area contributed by atoms with Gasteiger partial charge in [0.25, 0.3) is 0 Å². The molecule has 0 bridgehead atoms. The van der Waals surface area contributed by atoms with Crippen molar-refractivity contribution < 1.29 is 19.4 Å². The molecule has 0 aromatic heterocycles. The third-order valence-corrected chi connectivity index (χ3v) is 3.13. The summed E-state index contributed by atoms with van der Waals surface area (Å²) >= 11 is 0. The van der Waals surface area contributed by atoms with Gasteiger partial charge < -0.3 is 9.84 Å². The molecule has 5 heteroatoms. The second-order valence-electron chi connectivity index (χ2n) is 4.58. The maximum atomic E-state index is 11.7. The van der Waals surface area contributed by atoms with Gasteiger partial charge in [-0.25, -0.2) is 9.59 Å². The summed E-state index contributed by atoms with van der Waals surface area (Å²) in [6, 6.07) is -1.10. The Morgan fingerprint density at radius 1 is 1.41 bits per heavy atom. The molecule has 1 aliphatic rings. The van der Waals surface area contributed by atoms with E-state index in [4.69, 9.17) is 9.84 Å². The molecule has 17 heavy (non-hydrogen) atoms. The van der Waals surface area contributed by atoms with Crippen molar-refractivity contribution in [2.75, 3.05) is 0 Å². The zero-order valence-electron chi connectivity index (χ0n) is 10.4. The van der Waals surface area contributed by atoms with E-state index in [1.54, 1.807) is 6.92 Å². The Morgan fingerprint density at radius 3 is 2.47 bits per heavy atom. The quantitative estimate of drug-likeness (QED) is 0.543. The highest BCUT2D eigenvalue weighted by molar-refractivity contribution is 5.98. The largest absolute Gasteiger partial charge is 0.480 e. The van der Waals surface area contributed by atoms with Gasteiger partial charge in [0.15, 0.2) is 0 Å². The van der Waals surface area contributed by atoms with Gasteiger partial charge in [0, 0.05) is 6.04 Å². The first kappa shape index (κ1) is 14.0. The third kappa shape index (κ3) is 4.34. The molecule has 0 radical (unpaired) electrons. The topological polar surface area (TPSA) is 75.6 Å². The number of hydrogen-bond acceptors (Lipinski definition) is 4. The molecular weight excluding hydrogens is 222 g/mol. The molecule has 0 amide bonds.